The van der Waals surface area contributed by atoms with Crippen LogP contribution in [-0.2, 0) is 14.8 Å². The number of carbonyl (C=O) groups excluding carboxylic acids is 1. The minimum absolute atomic E-state index is 0.0993. The SMILES string of the molecule is CN(C)S(=O)(=O)c1ccc(SCC(=O)N2CCC(c3ccccc3)=N2)nc1. The van der Waals surface area contributed by atoms with Crippen LogP contribution in [0.15, 0.2) is 63.7 Å². The van der Waals surface area contributed by atoms with E-state index < -0.39 is 10.0 Å². The van der Waals surface area contributed by atoms with Crippen LogP contribution in [0.25, 0.3) is 0 Å². The van der Waals surface area contributed by atoms with Gasteiger partial charge in [0.25, 0.3) is 5.91 Å². The topological polar surface area (TPSA) is 82.9 Å². The summed E-state index contributed by atoms with van der Waals surface area (Å²) in [6.07, 6.45) is 2.04. The molecule has 27 heavy (non-hydrogen) atoms. The van der Waals surface area contributed by atoms with Gasteiger partial charge in [-0.15, -0.1) is 0 Å². The molecule has 0 bridgehead atoms. The molecule has 0 radical (unpaired) electrons. The van der Waals surface area contributed by atoms with Gasteiger partial charge in [0.1, 0.15) is 4.90 Å². The molecule has 3 rings (SSSR count). The van der Waals surface area contributed by atoms with Gasteiger partial charge in [-0.05, 0) is 17.7 Å². The van der Waals surface area contributed by atoms with Crippen molar-refractivity contribution in [1.82, 2.24) is 14.3 Å². The number of thioether (sulfide) groups is 1. The lowest BCUT2D eigenvalue weighted by Gasteiger charge is -2.12. The molecule has 0 N–H and O–H groups in total. The molecule has 0 unspecified atom stereocenters. The summed E-state index contributed by atoms with van der Waals surface area (Å²) in [5.41, 5.74) is 1.94. The first-order valence-corrected chi connectivity index (χ1v) is 10.7. The molecule has 2 heterocycles. The standard InChI is InChI=1S/C18H20N4O3S2/c1-21(2)27(24,25)15-8-9-17(19-12-15)26-13-18(23)22-11-10-16(20-22)14-6-4-3-5-7-14/h3-9,12H,10-11,13H2,1-2H3. The monoisotopic (exact) mass is 404 g/mol. The van der Waals surface area contributed by atoms with Crippen molar-refractivity contribution in [2.45, 2.75) is 16.3 Å². The van der Waals surface area contributed by atoms with Crippen LogP contribution >= 0.6 is 11.8 Å². The van der Waals surface area contributed by atoms with Crippen LogP contribution in [0.5, 0.6) is 0 Å². The van der Waals surface area contributed by atoms with Crippen molar-refractivity contribution in [1.29, 1.82) is 0 Å². The smallest absolute Gasteiger partial charge is 0.253 e. The molecule has 0 atom stereocenters. The Morgan fingerprint density at radius 1 is 1.19 bits per heavy atom. The Kier molecular flexibility index (Phi) is 5.93. The van der Waals surface area contributed by atoms with Gasteiger partial charge < -0.3 is 0 Å². The molecular formula is C18H20N4O3S2. The highest BCUT2D eigenvalue weighted by atomic mass is 32.2. The molecule has 142 valence electrons. The average Bonchev–Trinajstić information content (AvgIpc) is 3.17. The molecule has 1 aliphatic rings. The first kappa shape index (κ1) is 19.5. The fourth-order valence-electron chi connectivity index (χ4n) is 2.50. The van der Waals surface area contributed by atoms with E-state index in [0.717, 1.165) is 22.0 Å². The molecule has 7 nitrogen and oxygen atoms in total. The number of aromatic nitrogens is 1. The first-order valence-electron chi connectivity index (χ1n) is 8.32. The molecule has 1 aromatic carbocycles. The van der Waals surface area contributed by atoms with Gasteiger partial charge >= 0.3 is 0 Å². The third-order valence-electron chi connectivity index (χ3n) is 4.03. The van der Waals surface area contributed by atoms with E-state index in [1.54, 1.807) is 6.07 Å². The fourth-order valence-corrected chi connectivity index (χ4v) is 4.06. The van der Waals surface area contributed by atoms with Crippen LogP contribution in [0, 0.1) is 0 Å². The third kappa shape index (κ3) is 4.55. The molecule has 0 saturated carbocycles. The summed E-state index contributed by atoms with van der Waals surface area (Å²) in [4.78, 5) is 16.6. The fraction of sp³-hybridized carbons (Fsp3) is 0.278. The van der Waals surface area contributed by atoms with Crippen molar-refractivity contribution in [3.63, 3.8) is 0 Å². The van der Waals surface area contributed by atoms with Crippen LogP contribution in [0.4, 0.5) is 0 Å². The molecule has 1 aliphatic heterocycles. The number of hydrazone groups is 1. The summed E-state index contributed by atoms with van der Waals surface area (Å²) in [6, 6.07) is 12.9. The molecule has 0 saturated heterocycles. The molecule has 1 amide bonds. The lowest BCUT2D eigenvalue weighted by Crippen LogP contribution is -2.25. The van der Waals surface area contributed by atoms with E-state index in [1.807, 2.05) is 30.3 Å². The number of rotatable bonds is 6. The van der Waals surface area contributed by atoms with Crippen molar-refractivity contribution in [3.05, 3.63) is 54.2 Å². The molecule has 1 aromatic heterocycles. The van der Waals surface area contributed by atoms with E-state index in [0.29, 0.717) is 11.6 Å². The summed E-state index contributed by atoms with van der Waals surface area (Å²) >= 11 is 1.26. The normalized spacial score (nSPS) is 14.5. The Hall–Kier alpha value is -2.23. The van der Waals surface area contributed by atoms with E-state index in [1.165, 1.54) is 43.1 Å². The quantitative estimate of drug-likeness (QED) is 0.688. The lowest BCUT2D eigenvalue weighted by molar-refractivity contribution is -0.127. The molecule has 0 aliphatic carbocycles. The number of sulfonamides is 1. The highest BCUT2D eigenvalue weighted by molar-refractivity contribution is 7.99. The number of pyridine rings is 1. The van der Waals surface area contributed by atoms with Gasteiger partial charge in [-0.2, -0.15) is 5.10 Å². The second-order valence-corrected chi connectivity index (χ2v) is 9.24. The summed E-state index contributed by atoms with van der Waals surface area (Å²) in [7, 11) is -0.564. The summed E-state index contributed by atoms with van der Waals surface area (Å²) < 4.78 is 25.2. The maximum Gasteiger partial charge on any atom is 0.253 e. The van der Waals surface area contributed by atoms with Gasteiger partial charge in [0, 0.05) is 26.7 Å². The largest absolute Gasteiger partial charge is 0.272 e. The van der Waals surface area contributed by atoms with E-state index in [-0.39, 0.29) is 16.6 Å². The Morgan fingerprint density at radius 2 is 1.93 bits per heavy atom. The van der Waals surface area contributed by atoms with Crippen molar-refractivity contribution < 1.29 is 13.2 Å². The van der Waals surface area contributed by atoms with Crippen LogP contribution in [0.2, 0.25) is 0 Å². The van der Waals surface area contributed by atoms with E-state index >= 15 is 0 Å². The van der Waals surface area contributed by atoms with Crippen LogP contribution < -0.4 is 0 Å². The Morgan fingerprint density at radius 3 is 2.56 bits per heavy atom. The van der Waals surface area contributed by atoms with Crippen LogP contribution in [0.3, 0.4) is 0 Å². The summed E-state index contributed by atoms with van der Waals surface area (Å²) in [5.74, 6) is 0.0935. The Labute approximate surface area is 163 Å². The van der Waals surface area contributed by atoms with Crippen molar-refractivity contribution in [2.24, 2.45) is 5.10 Å². The molecule has 0 spiro atoms. The highest BCUT2D eigenvalue weighted by Gasteiger charge is 2.22. The summed E-state index contributed by atoms with van der Waals surface area (Å²) in [6.45, 7) is 0.567. The number of carbonyl (C=O) groups is 1. The molecule has 9 heteroatoms. The predicted octanol–water partition coefficient (Wildman–Crippen LogP) is 2.06. The number of amides is 1. The van der Waals surface area contributed by atoms with Gasteiger partial charge in [-0.3, -0.25) is 4.79 Å². The highest BCUT2D eigenvalue weighted by Crippen LogP contribution is 2.20. The number of benzene rings is 1. The molecule has 2 aromatic rings. The van der Waals surface area contributed by atoms with Crippen molar-refractivity contribution in [3.8, 4) is 0 Å². The first-order chi connectivity index (χ1) is 12.9. The molecule has 0 fully saturated rings. The summed E-state index contributed by atoms with van der Waals surface area (Å²) in [5, 5.41) is 6.49. The van der Waals surface area contributed by atoms with Gasteiger partial charge in [0.05, 0.1) is 23.0 Å². The average molecular weight is 405 g/mol. The lowest BCUT2D eigenvalue weighted by atomic mass is 10.1. The van der Waals surface area contributed by atoms with Gasteiger partial charge in [0.15, 0.2) is 0 Å². The third-order valence-corrected chi connectivity index (χ3v) is 6.76. The minimum atomic E-state index is -3.50. The zero-order chi connectivity index (χ0) is 19.4. The van der Waals surface area contributed by atoms with Crippen LogP contribution in [-0.4, -0.2) is 60.7 Å². The number of hydrogen-bond acceptors (Lipinski definition) is 6. The van der Waals surface area contributed by atoms with Gasteiger partial charge in [-0.25, -0.2) is 22.7 Å². The van der Waals surface area contributed by atoms with Crippen molar-refractivity contribution >= 4 is 33.4 Å². The second kappa shape index (κ2) is 8.20. The minimum Gasteiger partial charge on any atom is -0.272 e. The molecular weight excluding hydrogens is 384 g/mol. The van der Waals surface area contributed by atoms with Gasteiger partial charge in [0.2, 0.25) is 10.0 Å². The number of nitrogens with zero attached hydrogens (tertiary/aromatic N) is 4. The maximum atomic E-state index is 12.4. The Balaban J connectivity index is 1.59. The zero-order valence-electron chi connectivity index (χ0n) is 15.1. The van der Waals surface area contributed by atoms with Crippen molar-refractivity contribution in [2.75, 3.05) is 26.4 Å². The van der Waals surface area contributed by atoms with E-state index in [9.17, 15) is 13.2 Å². The van der Waals surface area contributed by atoms with Gasteiger partial charge in [-0.1, -0.05) is 42.1 Å². The van der Waals surface area contributed by atoms with E-state index in [2.05, 4.69) is 10.1 Å². The maximum absolute atomic E-state index is 12.4. The zero-order valence-corrected chi connectivity index (χ0v) is 16.7. The van der Waals surface area contributed by atoms with Crippen LogP contribution in [0.1, 0.15) is 12.0 Å². The predicted molar refractivity (Wildman–Crippen MR) is 105 cm³/mol. The number of hydrogen-bond donors (Lipinski definition) is 0. The van der Waals surface area contributed by atoms with E-state index in [4.69, 9.17) is 0 Å². The Bertz CT molecular complexity index is 942. The second-order valence-electron chi connectivity index (χ2n) is 6.09.